The van der Waals surface area contributed by atoms with E-state index < -0.39 is 6.43 Å². The molecule has 0 aromatic carbocycles. The Morgan fingerprint density at radius 3 is 2.67 bits per heavy atom. The molecule has 12 heavy (non-hydrogen) atoms. The summed E-state index contributed by atoms with van der Waals surface area (Å²) in [6.45, 7) is 2.70. The molecule has 0 saturated carbocycles. The average molecular weight is 176 g/mol. The van der Waals surface area contributed by atoms with E-state index in [-0.39, 0.29) is 12.1 Å². The van der Waals surface area contributed by atoms with E-state index in [1.807, 2.05) is 4.90 Å². The van der Waals surface area contributed by atoms with Crippen LogP contribution < -0.4 is 5.32 Å². The molecule has 0 bridgehead atoms. The van der Waals surface area contributed by atoms with Crippen LogP contribution in [0.25, 0.3) is 0 Å². The molecular formula is C8H14F2N2. The summed E-state index contributed by atoms with van der Waals surface area (Å²) in [5.41, 5.74) is 0.108. The maximum atomic E-state index is 12.1. The molecule has 0 unspecified atom stereocenters. The molecule has 1 N–H and O–H groups in total. The first kappa shape index (κ1) is 8.38. The minimum absolute atomic E-state index is 0.0400. The van der Waals surface area contributed by atoms with Gasteiger partial charge in [0.1, 0.15) is 0 Å². The normalized spacial score (nSPS) is 36.2. The van der Waals surface area contributed by atoms with E-state index in [0.717, 1.165) is 32.5 Å². The van der Waals surface area contributed by atoms with Gasteiger partial charge in [-0.1, -0.05) is 0 Å². The molecule has 2 aliphatic heterocycles. The van der Waals surface area contributed by atoms with Crippen LogP contribution in [0.3, 0.4) is 0 Å². The van der Waals surface area contributed by atoms with Gasteiger partial charge in [0, 0.05) is 18.6 Å². The Morgan fingerprint density at radius 2 is 2.25 bits per heavy atom. The van der Waals surface area contributed by atoms with Crippen LogP contribution in [0.5, 0.6) is 0 Å². The molecule has 0 aromatic heterocycles. The lowest BCUT2D eigenvalue weighted by Crippen LogP contribution is -2.62. The molecule has 0 amide bonds. The van der Waals surface area contributed by atoms with Gasteiger partial charge in [-0.05, 0) is 19.4 Å². The highest BCUT2D eigenvalue weighted by Crippen LogP contribution is 2.35. The van der Waals surface area contributed by atoms with Crippen molar-refractivity contribution in [3.63, 3.8) is 0 Å². The van der Waals surface area contributed by atoms with Crippen molar-refractivity contribution in [2.75, 3.05) is 26.2 Å². The van der Waals surface area contributed by atoms with Gasteiger partial charge in [-0.25, -0.2) is 8.78 Å². The van der Waals surface area contributed by atoms with Crippen LogP contribution >= 0.6 is 0 Å². The van der Waals surface area contributed by atoms with E-state index in [1.54, 1.807) is 0 Å². The van der Waals surface area contributed by atoms with E-state index in [9.17, 15) is 8.78 Å². The first-order valence-corrected chi connectivity index (χ1v) is 4.47. The number of hydrogen-bond acceptors (Lipinski definition) is 2. The van der Waals surface area contributed by atoms with Crippen molar-refractivity contribution >= 4 is 0 Å². The summed E-state index contributed by atoms with van der Waals surface area (Å²) in [5.74, 6) is 0. The summed E-state index contributed by atoms with van der Waals surface area (Å²) in [4.78, 5) is 1.93. The van der Waals surface area contributed by atoms with Gasteiger partial charge in [0.05, 0.1) is 6.54 Å². The standard InChI is InChI=1S/C8H14F2N2/c9-7(10)5-12-4-2-8(12)1-3-11-6-8/h7,11H,1-6H2/t8-/m0/s1. The third-order valence-electron chi connectivity index (χ3n) is 3.10. The summed E-state index contributed by atoms with van der Waals surface area (Å²) in [5, 5.41) is 3.23. The molecule has 0 radical (unpaired) electrons. The molecule has 0 aromatic rings. The fraction of sp³-hybridized carbons (Fsp3) is 1.00. The third-order valence-corrected chi connectivity index (χ3v) is 3.10. The Balaban J connectivity index is 1.91. The molecule has 2 heterocycles. The van der Waals surface area contributed by atoms with Gasteiger partial charge >= 0.3 is 0 Å². The van der Waals surface area contributed by atoms with E-state index in [4.69, 9.17) is 0 Å². The number of nitrogens with zero attached hydrogens (tertiary/aromatic N) is 1. The number of likely N-dealkylation sites (tertiary alicyclic amines) is 1. The van der Waals surface area contributed by atoms with Crippen LogP contribution in [0.2, 0.25) is 0 Å². The summed E-state index contributed by atoms with van der Waals surface area (Å²) < 4.78 is 24.2. The molecular weight excluding hydrogens is 162 g/mol. The highest BCUT2D eigenvalue weighted by atomic mass is 19.3. The van der Waals surface area contributed by atoms with Crippen LogP contribution in [0.15, 0.2) is 0 Å². The highest BCUT2D eigenvalue weighted by Gasteiger charge is 2.46. The SMILES string of the molecule is FC(F)CN1CC[C@]12CCNC2. The van der Waals surface area contributed by atoms with Gasteiger partial charge < -0.3 is 5.32 Å². The minimum atomic E-state index is -2.18. The van der Waals surface area contributed by atoms with Crippen molar-refractivity contribution < 1.29 is 8.78 Å². The number of halogens is 2. The zero-order valence-corrected chi connectivity index (χ0v) is 7.02. The second-order valence-corrected chi connectivity index (χ2v) is 3.74. The second-order valence-electron chi connectivity index (χ2n) is 3.74. The molecule has 2 rings (SSSR count). The van der Waals surface area contributed by atoms with Crippen molar-refractivity contribution in [2.24, 2.45) is 0 Å². The first-order chi connectivity index (χ1) is 5.73. The number of nitrogens with one attached hydrogen (secondary N) is 1. The Morgan fingerprint density at radius 1 is 1.42 bits per heavy atom. The Bertz CT molecular complexity index is 166. The maximum absolute atomic E-state index is 12.1. The van der Waals surface area contributed by atoms with Crippen molar-refractivity contribution in [3.05, 3.63) is 0 Å². The predicted molar refractivity (Wildman–Crippen MR) is 42.4 cm³/mol. The van der Waals surface area contributed by atoms with Gasteiger partial charge in [0.15, 0.2) is 0 Å². The third kappa shape index (κ3) is 1.23. The lowest BCUT2D eigenvalue weighted by atomic mass is 9.84. The van der Waals surface area contributed by atoms with Crippen LogP contribution in [-0.2, 0) is 0 Å². The average Bonchev–Trinajstić information content (AvgIpc) is 2.48. The topological polar surface area (TPSA) is 15.3 Å². The van der Waals surface area contributed by atoms with Crippen LogP contribution in [0, 0.1) is 0 Å². The lowest BCUT2D eigenvalue weighted by molar-refractivity contribution is -0.0408. The van der Waals surface area contributed by atoms with Crippen molar-refractivity contribution in [1.82, 2.24) is 10.2 Å². The minimum Gasteiger partial charge on any atom is -0.315 e. The van der Waals surface area contributed by atoms with Crippen molar-refractivity contribution in [1.29, 1.82) is 0 Å². The van der Waals surface area contributed by atoms with Crippen molar-refractivity contribution in [3.8, 4) is 0 Å². The Labute approximate surface area is 70.9 Å². The first-order valence-electron chi connectivity index (χ1n) is 4.47. The lowest BCUT2D eigenvalue weighted by Gasteiger charge is -2.50. The second kappa shape index (κ2) is 2.92. The van der Waals surface area contributed by atoms with Gasteiger partial charge in [0.25, 0.3) is 6.43 Å². The summed E-state index contributed by atoms with van der Waals surface area (Å²) >= 11 is 0. The quantitative estimate of drug-likeness (QED) is 0.666. The van der Waals surface area contributed by atoms with E-state index in [2.05, 4.69) is 5.32 Å². The molecule has 2 fully saturated rings. The zero-order valence-electron chi connectivity index (χ0n) is 7.02. The molecule has 1 spiro atoms. The smallest absolute Gasteiger partial charge is 0.251 e. The van der Waals surface area contributed by atoms with Crippen molar-refractivity contribution in [2.45, 2.75) is 24.8 Å². The van der Waals surface area contributed by atoms with Gasteiger partial charge in [-0.2, -0.15) is 0 Å². The molecule has 2 saturated heterocycles. The Kier molecular flexibility index (Phi) is 2.04. The van der Waals surface area contributed by atoms with E-state index >= 15 is 0 Å². The maximum Gasteiger partial charge on any atom is 0.251 e. The summed E-state index contributed by atoms with van der Waals surface area (Å²) in [6, 6.07) is 0. The van der Waals surface area contributed by atoms with Crippen LogP contribution in [0.1, 0.15) is 12.8 Å². The number of hydrogen-bond donors (Lipinski definition) is 1. The molecule has 4 heteroatoms. The molecule has 2 aliphatic rings. The summed E-state index contributed by atoms with van der Waals surface area (Å²) in [7, 11) is 0. The number of rotatable bonds is 2. The highest BCUT2D eigenvalue weighted by molar-refractivity contribution is 5.04. The van der Waals surface area contributed by atoms with Crippen LogP contribution in [0.4, 0.5) is 8.78 Å². The molecule has 1 atom stereocenters. The zero-order chi connectivity index (χ0) is 8.60. The van der Waals surface area contributed by atoms with E-state index in [0.29, 0.717) is 0 Å². The monoisotopic (exact) mass is 176 g/mol. The molecule has 2 nitrogen and oxygen atoms in total. The van der Waals surface area contributed by atoms with Crippen LogP contribution in [-0.4, -0.2) is 43.0 Å². The van der Waals surface area contributed by atoms with Gasteiger partial charge in [-0.15, -0.1) is 0 Å². The molecule has 70 valence electrons. The summed E-state index contributed by atoms with van der Waals surface area (Å²) in [6.07, 6.45) is -0.0466. The predicted octanol–water partition coefficient (Wildman–Crippen LogP) is 0.689. The molecule has 0 aliphatic carbocycles. The largest absolute Gasteiger partial charge is 0.315 e. The fourth-order valence-electron chi connectivity index (χ4n) is 2.25. The van der Waals surface area contributed by atoms with Gasteiger partial charge in [0.2, 0.25) is 0 Å². The number of alkyl halides is 2. The van der Waals surface area contributed by atoms with E-state index in [1.165, 1.54) is 0 Å². The Hall–Kier alpha value is -0.220. The van der Waals surface area contributed by atoms with Gasteiger partial charge in [-0.3, -0.25) is 4.90 Å². The fourth-order valence-corrected chi connectivity index (χ4v) is 2.25.